The highest BCUT2D eigenvalue weighted by molar-refractivity contribution is 5.81. The van der Waals surface area contributed by atoms with Crippen LogP contribution >= 0.6 is 0 Å². The second-order valence-electron chi connectivity index (χ2n) is 4.11. The molecule has 1 saturated heterocycles. The first-order valence-electron chi connectivity index (χ1n) is 5.81. The molecule has 0 saturated carbocycles. The highest BCUT2D eigenvalue weighted by atomic mass is 16.5. The van der Waals surface area contributed by atoms with Gasteiger partial charge in [0.15, 0.2) is 0 Å². The third-order valence-electron chi connectivity index (χ3n) is 2.64. The van der Waals surface area contributed by atoms with Crippen LogP contribution in [0.1, 0.15) is 12.8 Å². The Kier molecular flexibility index (Phi) is 6.37. The average molecular weight is 230 g/mol. The summed E-state index contributed by atoms with van der Waals surface area (Å²) in [7, 11) is 3.69. The first-order chi connectivity index (χ1) is 7.74. The van der Waals surface area contributed by atoms with Gasteiger partial charge >= 0.3 is 0 Å². The van der Waals surface area contributed by atoms with Gasteiger partial charge in [-0.1, -0.05) is 0 Å². The van der Waals surface area contributed by atoms with Crippen molar-refractivity contribution in [1.29, 1.82) is 0 Å². The number of carbonyl (C=O) groups is 1. The third-order valence-corrected chi connectivity index (χ3v) is 2.64. The van der Waals surface area contributed by atoms with Crippen LogP contribution in [0.5, 0.6) is 0 Å². The molecule has 1 aliphatic heterocycles. The zero-order valence-electron chi connectivity index (χ0n) is 10.2. The van der Waals surface area contributed by atoms with E-state index < -0.39 is 0 Å². The van der Waals surface area contributed by atoms with Gasteiger partial charge in [0.25, 0.3) is 0 Å². The number of ether oxygens (including phenoxy) is 2. The summed E-state index contributed by atoms with van der Waals surface area (Å²) in [6, 6.07) is 0. The fourth-order valence-corrected chi connectivity index (χ4v) is 1.63. The van der Waals surface area contributed by atoms with Crippen LogP contribution in [0.15, 0.2) is 0 Å². The van der Waals surface area contributed by atoms with E-state index in [0.717, 1.165) is 26.0 Å². The highest BCUT2D eigenvalue weighted by Crippen LogP contribution is 2.02. The summed E-state index contributed by atoms with van der Waals surface area (Å²) >= 11 is 0. The van der Waals surface area contributed by atoms with Gasteiger partial charge in [0.1, 0.15) is 6.10 Å². The van der Waals surface area contributed by atoms with E-state index in [1.54, 1.807) is 7.11 Å². The molecule has 1 fully saturated rings. The quantitative estimate of drug-likeness (QED) is 0.645. The van der Waals surface area contributed by atoms with Crippen molar-refractivity contribution in [2.24, 2.45) is 0 Å². The molecule has 5 nitrogen and oxygen atoms in total. The number of unbranched alkanes of at least 4 members (excludes halogenated alkanes) is 1. The van der Waals surface area contributed by atoms with E-state index in [1.807, 2.05) is 7.05 Å². The number of rotatable bonds is 6. The first kappa shape index (κ1) is 13.4. The van der Waals surface area contributed by atoms with Crippen LogP contribution in [0.2, 0.25) is 0 Å². The van der Waals surface area contributed by atoms with E-state index >= 15 is 0 Å². The van der Waals surface area contributed by atoms with Crippen LogP contribution in [-0.4, -0.2) is 63.9 Å². The fraction of sp³-hybridized carbons (Fsp3) is 0.909. The van der Waals surface area contributed by atoms with Gasteiger partial charge in [-0.3, -0.25) is 4.79 Å². The fourth-order valence-electron chi connectivity index (χ4n) is 1.63. The summed E-state index contributed by atoms with van der Waals surface area (Å²) in [6.45, 7) is 3.67. The predicted molar refractivity (Wildman–Crippen MR) is 61.4 cm³/mol. The number of morpholine rings is 1. The maximum absolute atomic E-state index is 11.7. The predicted octanol–water partition coefficient (Wildman–Crippen LogP) is -0.140. The van der Waals surface area contributed by atoms with Crippen LogP contribution in [0, 0.1) is 0 Å². The lowest BCUT2D eigenvalue weighted by Gasteiger charge is -2.29. The minimum atomic E-state index is -0.304. The van der Waals surface area contributed by atoms with E-state index in [0.29, 0.717) is 19.7 Å². The molecule has 5 heteroatoms. The van der Waals surface area contributed by atoms with Crippen molar-refractivity contribution in [3.05, 3.63) is 0 Å². The number of methoxy groups -OCH3 is 1. The van der Waals surface area contributed by atoms with Gasteiger partial charge < -0.3 is 19.7 Å². The lowest BCUT2D eigenvalue weighted by molar-refractivity contribution is -0.137. The van der Waals surface area contributed by atoms with Crippen LogP contribution < -0.4 is 5.32 Å². The van der Waals surface area contributed by atoms with Gasteiger partial charge in [0, 0.05) is 33.4 Å². The van der Waals surface area contributed by atoms with Crippen molar-refractivity contribution >= 4 is 5.91 Å². The van der Waals surface area contributed by atoms with Crippen molar-refractivity contribution in [2.75, 3.05) is 47.0 Å². The van der Waals surface area contributed by atoms with E-state index in [2.05, 4.69) is 10.2 Å². The van der Waals surface area contributed by atoms with Crippen molar-refractivity contribution in [3.63, 3.8) is 0 Å². The molecule has 0 bridgehead atoms. The maximum atomic E-state index is 11.7. The number of carbonyl (C=O) groups excluding carboxylic acids is 1. The van der Waals surface area contributed by atoms with Crippen molar-refractivity contribution in [2.45, 2.75) is 18.9 Å². The Morgan fingerprint density at radius 1 is 1.56 bits per heavy atom. The summed E-state index contributed by atoms with van der Waals surface area (Å²) in [4.78, 5) is 13.8. The lowest BCUT2D eigenvalue weighted by atomic mass is 10.2. The third kappa shape index (κ3) is 4.92. The molecule has 0 spiro atoms. The summed E-state index contributed by atoms with van der Waals surface area (Å²) in [6.07, 6.45) is 1.62. The minimum absolute atomic E-state index is 0.00367. The molecule has 1 heterocycles. The normalized spacial score (nSPS) is 22.0. The molecule has 0 unspecified atom stereocenters. The zero-order valence-corrected chi connectivity index (χ0v) is 10.2. The molecule has 0 aliphatic carbocycles. The van der Waals surface area contributed by atoms with Gasteiger partial charge in [0.05, 0.1) is 6.61 Å². The first-order valence-corrected chi connectivity index (χ1v) is 5.81. The van der Waals surface area contributed by atoms with Crippen LogP contribution in [0.4, 0.5) is 0 Å². The van der Waals surface area contributed by atoms with Crippen molar-refractivity contribution in [1.82, 2.24) is 10.2 Å². The summed E-state index contributed by atoms with van der Waals surface area (Å²) in [5.74, 6) is 0.00367. The molecule has 1 N–H and O–H groups in total. The number of nitrogens with one attached hydrogen (secondary N) is 1. The molecule has 1 rings (SSSR count). The van der Waals surface area contributed by atoms with Crippen LogP contribution in [-0.2, 0) is 14.3 Å². The van der Waals surface area contributed by atoms with Crippen LogP contribution in [0.25, 0.3) is 0 Å². The molecule has 1 atom stereocenters. The number of nitrogens with zero attached hydrogens (tertiary/aromatic N) is 1. The molecular formula is C11H22N2O3. The van der Waals surface area contributed by atoms with Gasteiger partial charge in [0.2, 0.25) is 5.91 Å². The van der Waals surface area contributed by atoms with Crippen molar-refractivity contribution in [3.8, 4) is 0 Å². The molecule has 94 valence electrons. The van der Waals surface area contributed by atoms with Gasteiger partial charge in [-0.05, 0) is 19.9 Å². The Labute approximate surface area is 97.1 Å². The number of hydrogen-bond acceptors (Lipinski definition) is 4. The SMILES string of the molecule is COCCCCNC(=O)[C@@H]1CN(C)CCO1. The smallest absolute Gasteiger partial charge is 0.250 e. The van der Waals surface area contributed by atoms with Gasteiger partial charge in [-0.2, -0.15) is 0 Å². The summed E-state index contributed by atoms with van der Waals surface area (Å²) in [5.41, 5.74) is 0. The summed E-state index contributed by atoms with van der Waals surface area (Å²) in [5, 5.41) is 2.89. The van der Waals surface area contributed by atoms with E-state index in [9.17, 15) is 4.79 Å². The Morgan fingerprint density at radius 3 is 3.06 bits per heavy atom. The van der Waals surface area contributed by atoms with Crippen LogP contribution in [0.3, 0.4) is 0 Å². The maximum Gasteiger partial charge on any atom is 0.250 e. The van der Waals surface area contributed by atoms with Crippen molar-refractivity contribution < 1.29 is 14.3 Å². The molecule has 0 aromatic rings. The Balaban J connectivity index is 2.09. The van der Waals surface area contributed by atoms with Gasteiger partial charge in [-0.15, -0.1) is 0 Å². The number of likely N-dealkylation sites (N-methyl/N-ethyl adjacent to an activating group) is 1. The standard InChI is InChI=1S/C11H22N2O3/c1-13-6-8-16-10(9-13)11(14)12-5-3-4-7-15-2/h10H,3-9H2,1-2H3,(H,12,14)/t10-/m0/s1. The Bertz CT molecular complexity index is 211. The average Bonchev–Trinajstić information content (AvgIpc) is 2.28. The minimum Gasteiger partial charge on any atom is -0.385 e. The Morgan fingerprint density at radius 2 is 2.38 bits per heavy atom. The van der Waals surface area contributed by atoms with E-state index in [4.69, 9.17) is 9.47 Å². The second-order valence-corrected chi connectivity index (χ2v) is 4.11. The summed E-state index contributed by atoms with van der Waals surface area (Å²) < 4.78 is 10.3. The van der Waals surface area contributed by atoms with E-state index in [-0.39, 0.29) is 12.0 Å². The second kappa shape index (κ2) is 7.60. The molecule has 1 amide bonds. The molecule has 0 aromatic heterocycles. The molecule has 0 radical (unpaired) electrons. The molecule has 1 aliphatic rings. The zero-order chi connectivity index (χ0) is 11.8. The number of hydrogen-bond donors (Lipinski definition) is 1. The lowest BCUT2D eigenvalue weighted by Crippen LogP contribution is -2.48. The molecular weight excluding hydrogens is 208 g/mol. The van der Waals surface area contributed by atoms with E-state index in [1.165, 1.54) is 0 Å². The Hall–Kier alpha value is -0.650. The highest BCUT2D eigenvalue weighted by Gasteiger charge is 2.24. The van der Waals surface area contributed by atoms with Gasteiger partial charge in [-0.25, -0.2) is 0 Å². The monoisotopic (exact) mass is 230 g/mol. The largest absolute Gasteiger partial charge is 0.385 e. The number of amides is 1. The molecule has 0 aromatic carbocycles. The molecule has 16 heavy (non-hydrogen) atoms. The topological polar surface area (TPSA) is 50.8 Å².